The average Bonchev–Trinajstić information content (AvgIpc) is 3.13. The maximum Gasteiger partial charge on any atom is 0.408 e. The van der Waals surface area contributed by atoms with E-state index in [2.05, 4.69) is 12.2 Å². The molecule has 0 heterocycles. The first-order chi connectivity index (χ1) is 13.1. The van der Waals surface area contributed by atoms with Crippen LogP contribution in [0.3, 0.4) is 0 Å². The van der Waals surface area contributed by atoms with Crippen LogP contribution in [0.25, 0.3) is 0 Å². The van der Waals surface area contributed by atoms with E-state index < -0.39 is 11.6 Å². The predicted molar refractivity (Wildman–Crippen MR) is 109 cm³/mol. The van der Waals surface area contributed by atoms with Gasteiger partial charge in [-0.1, -0.05) is 84.5 Å². The number of hydrogen-bond acceptors (Lipinski definition) is 4. The molecular weight excluding hydrogens is 342 g/mol. The summed E-state index contributed by atoms with van der Waals surface area (Å²) >= 11 is 0. The Balaban J connectivity index is 2.18. The third-order valence-electron chi connectivity index (χ3n) is 5.40. The van der Waals surface area contributed by atoms with Crippen molar-refractivity contribution >= 4 is 12.1 Å². The Morgan fingerprint density at radius 1 is 0.741 bits per heavy atom. The number of carbonyl (C=O) groups excluding carboxylic acids is 2. The van der Waals surface area contributed by atoms with Gasteiger partial charge in [0.1, 0.15) is 5.54 Å². The van der Waals surface area contributed by atoms with Crippen LogP contribution in [0.2, 0.25) is 0 Å². The molecule has 0 aromatic carbocycles. The van der Waals surface area contributed by atoms with Crippen LogP contribution in [-0.2, 0) is 14.3 Å². The number of amides is 1. The first-order valence-corrected chi connectivity index (χ1v) is 11.3. The number of hydrogen-bond donors (Lipinski definition) is 1. The molecule has 0 aromatic heterocycles. The van der Waals surface area contributed by atoms with E-state index in [9.17, 15) is 9.59 Å². The van der Waals surface area contributed by atoms with Gasteiger partial charge in [-0.15, -0.1) is 0 Å². The monoisotopic (exact) mass is 383 g/mol. The normalized spacial score (nSPS) is 15.5. The number of carbonyl (C=O) groups is 2. The number of alkyl carbamates (subject to hydrolysis) is 1. The lowest BCUT2D eigenvalue weighted by atomic mass is 9.98. The fourth-order valence-electron chi connectivity index (χ4n) is 3.62. The summed E-state index contributed by atoms with van der Waals surface area (Å²) in [6.07, 6.45) is 15.6. The number of esters is 1. The molecule has 1 saturated carbocycles. The van der Waals surface area contributed by atoms with Crippen LogP contribution in [0, 0.1) is 0 Å². The fourth-order valence-corrected chi connectivity index (χ4v) is 3.62. The van der Waals surface area contributed by atoms with Gasteiger partial charge < -0.3 is 14.8 Å². The molecule has 27 heavy (non-hydrogen) atoms. The summed E-state index contributed by atoms with van der Waals surface area (Å²) in [6.45, 7) is 5.13. The van der Waals surface area contributed by atoms with Crippen molar-refractivity contribution in [2.75, 3.05) is 13.2 Å². The lowest BCUT2D eigenvalue weighted by Gasteiger charge is -2.27. The highest BCUT2D eigenvalue weighted by Crippen LogP contribution is 2.31. The zero-order valence-electron chi connectivity index (χ0n) is 17.7. The van der Waals surface area contributed by atoms with Crippen LogP contribution in [-0.4, -0.2) is 30.8 Å². The standard InChI is InChI=1S/C22H41NO4/c1-3-5-7-8-9-10-11-12-15-19-26-20(24)22(16-13-14-17-22)23-21(25)27-18-6-4-2/h3-19H2,1-2H3,(H,23,25). The van der Waals surface area contributed by atoms with Gasteiger partial charge in [0, 0.05) is 0 Å². The maximum absolute atomic E-state index is 12.6. The Labute approximate surface area is 165 Å². The Bertz CT molecular complexity index is 405. The molecule has 1 N–H and O–H groups in total. The molecule has 0 aromatic rings. The van der Waals surface area contributed by atoms with Gasteiger partial charge >= 0.3 is 12.1 Å². The smallest absolute Gasteiger partial charge is 0.408 e. The maximum atomic E-state index is 12.6. The SMILES string of the molecule is CCCCCCCCCCCOC(=O)C1(NC(=O)OCCCC)CCCC1. The molecule has 0 saturated heterocycles. The van der Waals surface area contributed by atoms with Crippen molar-refractivity contribution in [1.82, 2.24) is 5.32 Å². The second kappa shape index (κ2) is 14.8. The Morgan fingerprint density at radius 3 is 1.85 bits per heavy atom. The zero-order chi connectivity index (χ0) is 19.8. The van der Waals surface area contributed by atoms with Gasteiger partial charge in [-0.2, -0.15) is 0 Å². The van der Waals surface area contributed by atoms with Crippen LogP contribution < -0.4 is 5.32 Å². The summed E-state index contributed by atoms with van der Waals surface area (Å²) in [6, 6.07) is 0. The van der Waals surface area contributed by atoms with E-state index in [-0.39, 0.29) is 5.97 Å². The summed E-state index contributed by atoms with van der Waals surface area (Å²) in [5.41, 5.74) is -0.872. The topological polar surface area (TPSA) is 64.6 Å². The van der Waals surface area contributed by atoms with E-state index in [0.29, 0.717) is 26.1 Å². The largest absolute Gasteiger partial charge is 0.464 e. The Hall–Kier alpha value is -1.26. The summed E-state index contributed by atoms with van der Waals surface area (Å²) in [7, 11) is 0. The fraction of sp³-hybridized carbons (Fsp3) is 0.909. The van der Waals surface area contributed by atoms with Gasteiger partial charge in [0.15, 0.2) is 0 Å². The quantitative estimate of drug-likeness (QED) is 0.282. The molecule has 0 radical (unpaired) electrons. The van der Waals surface area contributed by atoms with Crippen LogP contribution in [0.1, 0.15) is 110 Å². The van der Waals surface area contributed by atoms with Crippen molar-refractivity contribution in [2.24, 2.45) is 0 Å². The molecule has 0 atom stereocenters. The average molecular weight is 384 g/mol. The van der Waals surface area contributed by atoms with E-state index in [1.54, 1.807) is 0 Å². The number of unbranched alkanes of at least 4 members (excludes halogenated alkanes) is 9. The van der Waals surface area contributed by atoms with E-state index in [1.165, 1.54) is 44.9 Å². The predicted octanol–water partition coefficient (Wildman–Crippen LogP) is 5.90. The van der Waals surface area contributed by atoms with Crippen molar-refractivity contribution < 1.29 is 19.1 Å². The molecule has 1 amide bonds. The molecule has 1 fully saturated rings. The molecule has 0 unspecified atom stereocenters. The third kappa shape index (κ3) is 10.0. The van der Waals surface area contributed by atoms with Crippen molar-refractivity contribution in [3.63, 3.8) is 0 Å². The number of rotatable bonds is 15. The van der Waals surface area contributed by atoms with Gasteiger partial charge in [-0.05, 0) is 25.7 Å². The van der Waals surface area contributed by atoms with Crippen molar-refractivity contribution in [2.45, 2.75) is 116 Å². The Morgan fingerprint density at radius 2 is 1.26 bits per heavy atom. The minimum absolute atomic E-state index is 0.285. The first-order valence-electron chi connectivity index (χ1n) is 11.3. The minimum atomic E-state index is -0.872. The Kier molecular flexibility index (Phi) is 13.0. The van der Waals surface area contributed by atoms with Crippen LogP contribution in [0.5, 0.6) is 0 Å². The van der Waals surface area contributed by atoms with Crippen LogP contribution >= 0.6 is 0 Å². The second-order valence-corrected chi connectivity index (χ2v) is 7.87. The highest BCUT2D eigenvalue weighted by atomic mass is 16.6. The van der Waals surface area contributed by atoms with E-state index in [4.69, 9.17) is 9.47 Å². The van der Waals surface area contributed by atoms with Gasteiger partial charge in [-0.3, -0.25) is 0 Å². The minimum Gasteiger partial charge on any atom is -0.464 e. The van der Waals surface area contributed by atoms with Gasteiger partial charge in [0.2, 0.25) is 0 Å². The zero-order valence-corrected chi connectivity index (χ0v) is 17.7. The number of nitrogens with one attached hydrogen (secondary N) is 1. The summed E-state index contributed by atoms with van der Waals surface area (Å²) in [4.78, 5) is 24.6. The molecule has 0 aliphatic heterocycles. The molecular formula is C22H41NO4. The van der Waals surface area contributed by atoms with E-state index in [0.717, 1.165) is 38.5 Å². The molecule has 1 aliphatic rings. The van der Waals surface area contributed by atoms with Gasteiger partial charge in [-0.25, -0.2) is 9.59 Å². The van der Waals surface area contributed by atoms with Gasteiger partial charge in [0.25, 0.3) is 0 Å². The van der Waals surface area contributed by atoms with Crippen molar-refractivity contribution in [3.05, 3.63) is 0 Å². The number of ether oxygens (including phenoxy) is 2. The molecule has 1 rings (SSSR count). The van der Waals surface area contributed by atoms with Crippen LogP contribution in [0.4, 0.5) is 4.79 Å². The highest BCUT2D eigenvalue weighted by molar-refractivity contribution is 5.86. The lowest BCUT2D eigenvalue weighted by molar-refractivity contribution is -0.151. The molecule has 5 heteroatoms. The molecule has 0 bridgehead atoms. The molecule has 1 aliphatic carbocycles. The lowest BCUT2D eigenvalue weighted by Crippen LogP contribution is -2.53. The van der Waals surface area contributed by atoms with Crippen molar-refractivity contribution in [3.8, 4) is 0 Å². The van der Waals surface area contributed by atoms with E-state index >= 15 is 0 Å². The second-order valence-electron chi connectivity index (χ2n) is 7.87. The van der Waals surface area contributed by atoms with Gasteiger partial charge in [0.05, 0.1) is 13.2 Å². The first kappa shape index (κ1) is 23.8. The summed E-state index contributed by atoms with van der Waals surface area (Å²) < 4.78 is 10.7. The summed E-state index contributed by atoms with van der Waals surface area (Å²) in [5, 5.41) is 2.80. The molecule has 5 nitrogen and oxygen atoms in total. The summed E-state index contributed by atoms with van der Waals surface area (Å²) in [5.74, 6) is -0.285. The molecule has 0 spiro atoms. The molecule has 158 valence electrons. The van der Waals surface area contributed by atoms with Crippen LogP contribution in [0.15, 0.2) is 0 Å². The van der Waals surface area contributed by atoms with E-state index in [1.807, 2.05) is 6.92 Å². The highest BCUT2D eigenvalue weighted by Gasteiger charge is 2.44. The van der Waals surface area contributed by atoms with Crippen molar-refractivity contribution in [1.29, 1.82) is 0 Å². The third-order valence-corrected chi connectivity index (χ3v) is 5.40.